The van der Waals surface area contributed by atoms with Crippen molar-refractivity contribution in [3.8, 4) is 11.5 Å². The SMILES string of the molecule is COC(=O)/C=C(/Nc1cccc(Oc2ccccc2)c1)C(=O)OC. The van der Waals surface area contributed by atoms with E-state index in [2.05, 4.69) is 14.8 Å². The molecule has 0 spiro atoms. The predicted octanol–water partition coefficient (Wildman–Crippen LogP) is 3.12. The Labute approximate surface area is 139 Å². The molecule has 0 aliphatic rings. The van der Waals surface area contributed by atoms with E-state index in [1.165, 1.54) is 14.2 Å². The maximum atomic E-state index is 11.8. The van der Waals surface area contributed by atoms with Crippen LogP contribution >= 0.6 is 0 Å². The van der Waals surface area contributed by atoms with Crippen molar-refractivity contribution < 1.29 is 23.8 Å². The average Bonchev–Trinajstić information content (AvgIpc) is 2.61. The molecule has 0 bridgehead atoms. The Bertz CT molecular complexity index is 740. The van der Waals surface area contributed by atoms with Gasteiger partial charge in [0.05, 0.1) is 20.3 Å². The third-order valence-electron chi connectivity index (χ3n) is 2.96. The molecule has 0 amide bonds. The number of hydrogen-bond acceptors (Lipinski definition) is 6. The van der Waals surface area contributed by atoms with Crippen molar-refractivity contribution in [1.82, 2.24) is 0 Å². The molecule has 2 rings (SSSR count). The molecule has 24 heavy (non-hydrogen) atoms. The summed E-state index contributed by atoms with van der Waals surface area (Å²) in [6.07, 6.45) is 1.02. The third kappa shape index (κ3) is 4.88. The van der Waals surface area contributed by atoms with Gasteiger partial charge in [0.2, 0.25) is 0 Å². The van der Waals surface area contributed by atoms with Gasteiger partial charge >= 0.3 is 11.9 Å². The molecule has 0 aliphatic carbocycles. The first kappa shape index (κ1) is 17.1. The Morgan fingerprint density at radius 2 is 1.62 bits per heavy atom. The van der Waals surface area contributed by atoms with Crippen LogP contribution in [0.4, 0.5) is 5.69 Å². The first-order chi connectivity index (χ1) is 11.6. The molecule has 0 radical (unpaired) electrons. The zero-order valence-corrected chi connectivity index (χ0v) is 13.3. The molecule has 0 atom stereocenters. The lowest BCUT2D eigenvalue weighted by atomic mass is 10.2. The van der Waals surface area contributed by atoms with Gasteiger partial charge in [-0.05, 0) is 24.3 Å². The molecule has 0 aliphatic heterocycles. The first-order valence-electron chi connectivity index (χ1n) is 7.10. The van der Waals surface area contributed by atoms with Crippen molar-refractivity contribution in [2.45, 2.75) is 0 Å². The molecule has 0 heterocycles. The Hall–Kier alpha value is -3.28. The number of hydrogen-bond donors (Lipinski definition) is 1. The molecule has 6 heteroatoms. The molecule has 0 saturated heterocycles. The lowest BCUT2D eigenvalue weighted by Crippen LogP contribution is -2.15. The standard InChI is InChI=1S/C18H17NO5/c1-22-17(20)12-16(18(21)23-2)19-13-7-6-10-15(11-13)24-14-8-4-3-5-9-14/h3-12,19H,1-2H3/b16-12+. The largest absolute Gasteiger partial charge is 0.466 e. The van der Waals surface area contributed by atoms with Crippen LogP contribution < -0.4 is 10.1 Å². The number of rotatable bonds is 6. The second-order valence-electron chi connectivity index (χ2n) is 4.64. The monoisotopic (exact) mass is 327 g/mol. The molecule has 0 unspecified atom stereocenters. The summed E-state index contributed by atoms with van der Waals surface area (Å²) >= 11 is 0. The summed E-state index contributed by atoms with van der Waals surface area (Å²) in [7, 11) is 2.45. The fourth-order valence-corrected chi connectivity index (χ4v) is 1.85. The second-order valence-corrected chi connectivity index (χ2v) is 4.64. The van der Waals surface area contributed by atoms with Crippen LogP contribution in [0.25, 0.3) is 0 Å². The van der Waals surface area contributed by atoms with Crippen LogP contribution in [0.5, 0.6) is 11.5 Å². The molecule has 2 aromatic carbocycles. The van der Waals surface area contributed by atoms with Crippen molar-refractivity contribution in [3.63, 3.8) is 0 Å². The summed E-state index contributed by atoms with van der Waals surface area (Å²) < 4.78 is 14.9. The highest BCUT2D eigenvalue weighted by Gasteiger charge is 2.13. The van der Waals surface area contributed by atoms with Gasteiger partial charge in [-0.15, -0.1) is 0 Å². The van der Waals surface area contributed by atoms with Gasteiger partial charge in [0.1, 0.15) is 17.2 Å². The molecule has 1 N–H and O–H groups in total. The molecular weight excluding hydrogens is 310 g/mol. The highest BCUT2D eigenvalue weighted by atomic mass is 16.5. The van der Waals surface area contributed by atoms with Crippen molar-refractivity contribution in [1.29, 1.82) is 0 Å². The first-order valence-corrected chi connectivity index (χ1v) is 7.10. The zero-order valence-electron chi connectivity index (χ0n) is 13.3. The predicted molar refractivity (Wildman–Crippen MR) is 88.7 cm³/mol. The fourth-order valence-electron chi connectivity index (χ4n) is 1.85. The Morgan fingerprint density at radius 3 is 2.29 bits per heavy atom. The summed E-state index contributed by atoms with van der Waals surface area (Å²) in [5.74, 6) is -0.0872. The van der Waals surface area contributed by atoms with Crippen LogP contribution in [0, 0.1) is 0 Å². The summed E-state index contributed by atoms with van der Waals surface area (Å²) in [5, 5.41) is 2.83. The van der Waals surface area contributed by atoms with Crippen LogP contribution in [-0.2, 0) is 19.1 Å². The lowest BCUT2D eigenvalue weighted by molar-refractivity contribution is -0.138. The van der Waals surface area contributed by atoms with E-state index in [1.54, 1.807) is 24.3 Å². The van der Waals surface area contributed by atoms with E-state index < -0.39 is 11.9 Å². The van der Waals surface area contributed by atoms with Crippen molar-refractivity contribution in [3.05, 3.63) is 66.4 Å². The molecule has 0 aromatic heterocycles. The van der Waals surface area contributed by atoms with Gasteiger partial charge in [0.15, 0.2) is 0 Å². The molecular formula is C18H17NO5. The van der Waals surface area contributed by atoms with Crippen molar-refractivity contribution >= 4 is 17.6 Å². The number of esters is 2. The number of ether oxygens (including phenoxy) is 3. The number of nitrogens with one attached hydrogen (secondary N) is 1. The smallest absolute Gasteiger partial charge is 0.354 e. The highest BCUT2D eigenvalue weighted by Crippen LogP contribution is 2.24. The number of para-hydroxylation sites is 1. The van der Waals surface area contributed by atoms with E-state index in [4.69, 9.17) is 4.74 Å². The van der Waals surface area contributed by atoms with Gasteiger partial charge in [-0.1, -0.05) is 24.3 Å². The zero-order chi connectivity index (χ0) is 17.4. The number of anilines is 1. The minimum Gasteiger partial charge on any atom is -0.466 e. The maximum absolute atomic E-state index is 11.8. The average molecular weight is 327 g/mol. The van der Waals surface area contributed by atoms with Crippen molar-refractivity contribution in [2.24, 2.45) is 0 Å². The van der Waals surface area contributed by atoms with Crippen LogP contribution in [0.15, 0.2) is 66.4 Å². The quantitative estimate of drug-likeness (QED) is 0.649. The minimum atomic E-state index is -0.685. The molecule has 0 fully saturated rings. The summed E-state index contributed by atoms with van der Waals surface area (Å²) in [5.41, 5.74) is 0.519. The van der Waals surface area contributed by atoms with Crippen LogP contribution in [-0.4, -0.2) is 26.2 Å². The second kappa shape index (κ2) is 8.38. The Balaban J connectivity index is 2.19. The van der Waals surface area contributed by atoms with E-state index in [0.717, 1.165) is 6.08 Å². The van der Waals surface area contributed by atoms with E-state index in [1.807, 2.05) is 30.3 Å². The van der Waals surface area contributed by atoms with Gasteiger partial charge < -0.3 is 19.5 Å². The van der Waals surface area contributed by atoms with Gasteiger partial charge in [0, 0.05) is 11.8 Å². The van der Waals surface area contributed by atoms with Crippen LogP contribution in [0.2, 0.25) is 0 Å². The molecule has 0 saturated carbocycles. The number of benzene rings is 2. The van der Waals surface area contributed by atoms with Gasteiger partial charge in [-0.3, -0.25) is 0 Å². The van der Waals surface area contributed by atoms with Crippen molar-refractivity contribution in [2.75, 3.05) is 19.5 Å². The van der Waals surface area contributed by atoms with E-state index in [9.17, 15) is 9.59 Å². The molecule has 6 nitrogen and oxygen atoms in total. The van der Waals surface area contributed by atoms with E-state index in [-0.39, 0.29) is 5.70 Å². The van der Waals surface area contributed by atoms with E-state index in [0.29, 0.717) is 17.2 Å². The van der Waals surface area contributed by atoms with Gasteiger partial charge in [0.25, 0.3) is 0 Å². The summed E-state index contributed by atoms with van der Waals surface area (Å²) in [4.78, 5) is 23.1. The topological polar surface area (TPSA) is 73.9 Å². The number of methoxy groups -OCH3 is 2. The maximum Gasteiger partial charge on any atom is 0.354 e. The van der Waals surface area contributed by atoms with Gasteiger partial charge in [-0.2, -0.15) is 0 Å². The third-order valence-corrected chi connectivity index (χ3v) is 2.96. The minimum absolute atomic E-state index is 0.0405. The summed E-state index contributed by atoms with van der Waals surface area (Å²) in [6, 6.07) is 16.2. The van der Waals surface area contributed by atoms with Crippen LogP contribution in [0.3, 0.4) is 0 Å². The molecule has 2 aromatic rings. The number of carbonyl (C=O) groups excluding carboxylic acids is 2. The summed E-state index contributed by atoms with van der Waals surface area (Å²) in [6.45, 7) is 0. The van der Waals surface area contributed by atoms with Crippen LogP contribution in [0.1, 0.15) is 0 Å². The number of carbonyl (C=O) groups is 2. The highest BCUT2D eigenvalue weighted by molar-refractivity contribution is 5.98. The Morgan fingerprint density at radius 1 is 0.917 bits per heavy atom. The lowest BCUT2D eigenvalue weighted by Gasteiger charge is -2.11. The Kier molecular flexibility index (Phi) is 5.96. The van der Waals surface area contributed by atoms with E-state index >= 15 is 0 Å². The normalized spacial score (nSPS) is 10.7. The van der Waals surface area contributed by atoms with Gasteiger partial charge in [-0.25, -0.2) is 9.59 Å². The molecule has 124 valence electrons. The fraction of sp³-hybridized carbons (Fsp3) is 0.111.